The molecule has 2 heterocycles. The Bertz CT molecular complexity index is 968. The molecule has 0 radical (unpaired) electrons. The normalized spacial score (nSPS) is 16.0. The molecule has 2 N–H and O–H groups in total. The first-order valence-electron chi connectivity index (χ1n) is 8.61. The second-order valence-corrected chi connectivity index (χ2v) is 6.53. The molecule has 0 spiro atoms. The molecule has 1 atom stereocenters. The average molecular weight is 362 g/mol. The molecule has 2 amide bonds. The van der Waals surface area contributed by atoms with E-state index in [2.05, 4.69) is 15.5 Å². The van der Waals surface area contributed by atoms with Crippen molar-refractivity contribution in [3.8, 4) is 5.69 Å². The van der Waals surface area contributed by atoms with Crippen LogP contribution in [-0.2, 0) is 22.4 Å². The smallest absolute Gasteiger partial charge is 0.231 e. The maximum Gasteiger partial charge on any atom is 0.231 e. The largest absolute Gasteiger partial charge is 0.369 e. The van der Waals surface area contributed by atoms with Gasteiger partial charge >= 0.3 is 0 Å². The number of rotatable bonds is 4. The monoisotopic (exact) mass is 362 g/mol. The lowest BCUT2D eigenvalue weighted by Crippen LogP contribution is -2.45. The van der Waals surface area contributed by atoms with E-state index in [0.29, 0.717) is 13.0 Å². The Morgan fingerprint density at radius 2 is 1.89 bits per heavy atom. The lowest BCUT2D eigenvalue weighted by atomic mass is 9.91. The Balaban J connectivity index is 1.54. The molecular formula is C19H18N6O2. The zero-order valence-electron chi connectivity index (χ0n) is 14.5. The third kappa shape index (κ3) is 3.41. The number of nitrogens with two attached hydrogens (primary N) is 1. The van der Waals surface area contributed by atoms with Crippen LogP contribution in [0.15, 0.2) is 54.9 Å². The number of fused-ring (bicyclic) bond motifs is 1. The Kier molecular flexibility index (Phi) is 4.37. The highest BCUT2D eigenvalue weighted by Crippen LogP contribution is 2.30. The topological polar surface area (TPSA) is 107 Å². The van der Waals surface area contributed by atoms with Crippen LogP contribution in [0.25, 0.3) is 5.69 Å². The van der Waals surface area contributed by atoms with Crippen molar-refractivity contribution in [1.29, 1.82) is 0 Å². The minimum atomic E-state index is -0.381. The first-order chi connectivity index (χ1) is 13.1. The van der Waals surface area contributed by atoms with E-state index in [4.69, 9.17) is 5.73 Å². The third-order valence-corrected chi connectivity index (χ3v) is 4.76. The number of benzene rings is 2. The van der Waals surface area contributed by atoms with Crippen molar-refractivity contribution in [2.45, 2.75) is 12.8 Å². The summed E-state index contributed by atoms with van der Waals surface area (Å²) in [7, 11) is 0. The fourth-order valence-electron chi connectivity index (χ4n) is 3.34. The van der Waals surface area contributed by atoms with Crippen molar-refractivity contribution in [3.05, 3.63) is 66.0 Å². The number of carbonyl (C=O) groups is 2. The zero-order chi connectivity index (χ0) is 18.8. The van der Waals surface area contributed by atoms with Crippen LogP contribution in [0.4, 0.5) is 5.69 Å². The molecule has 1 aliphatic rings. The first kappa shape index (κ1) is 16.9. The number of nitrogens with zero attached hydrogens (tertiary/aromatic N) is 5. The molecule has 8 heteroatoms. The van der Waals surface area contributed by atoms with Crippen molar-refractivity contribution < 1.29 is 9.59 Å². The SMILES string of the molecule is NC(=O)C1Cc2ccccc2N(C(=O)Cc2ccc(-n3cnnn3)cc2)C1. The number of anilines is 1. The van der Waals surface area contributed by atoms with Crippen LogP contribution >= 0.6 is 0 Å². The van der Waals surface area contributed by atoms with Crippen LogP contribution in [0, 0.1) is 5.92 Å². The molecule has 136 valence electrons. The van der Waals surface area contributed by atoms with Crippen LogP contribution in [-0.4, -0.2) is 38.6 Å². The van der Waals surface area contributed by atoms with Crippen LogP contribution in [0.5, 0.6) is 0 Å². The summed E-state index contributed by atoms with van der Waals surface area (Å²) in [5.74, 6) is -0.817. The number of tetrazole rings is 1. The van der Waals surface area contributed by atoms with E-state index < -0.39 is 0 Å². The van der Waals surface area contributed by atoms with Crippen LogP contribution in [0.3, 0.4) is 0 Å². The standard InChI is InChI=1S/C19H18N6O2/c20-19(27)15-10-14-3-1-2-4-17(14)24(11-15)18(26)9-13-5-7-16(8-6-13)25-12-21-22-23-25/h1-8,12,15H,9-11H2,(H2,20,27). The Labute approximate surface area is 155 Å². The van der Waals surface area contributed by atoms with Crippen molar-refractivity contribution in [2.24, 2.45) is 11.7 Å². The summed E-state index contributed by atoms with van der Waals surface area (Å²) in [5.41, 5.74) is 9.01. The summed E-state index contributed by atoms with van der Waals surface area (Å²) >= 11 is 0. The maximum absolute atomic E-state index is 12.9. The van der Waals surface area contributed by atoms with Gasteiger partial charge in [-0.3, -0.25) is 9.59 Å². The van der Waals surface area contributed by atoms with E-state index in [1.165, 1.54) is 6.33 Å². The summed E-state index contributed by atoms with van der Waals surface area (Å²) in [6.45, 7) is 0.313. The van der Waals surface area contributed by atoms with E-state index in [0.717, 1.165) is 22.5 Å². The first-order valence-corrected chi connectivity index (χ1v) is 8.61. The minimum absolute atomic E-state index is 0.0661. The lowest BCUT2D eigenvalue weighted by Gasteiger charge is -2.33. The van der Waals surface area contributed by atoms with Crippen molar-refractivity contribution in [2.75, 3.05) is 11.4 Å². The lowest BCUT2D eigenvalue weighted by molar-refractivity contribution is -0.122. The zero-order valence-corrected chi connectivity index (χ0v) is 14.5. The number of para-hydroxylation sites is 1. The molecule has 0 bridgehead atoms. The molecule has 3 aromatic rings. The van der Waals surface area contributed by atoms with Gasteiger partial charge < -0.3 is 10.6 Å². The van der Waals surface area contributed by atoms with Crippen LogP contribution in [0.1, 0.15) is 11.1 Å². The molecule has 1 aromatic heterocycles. The van der Waals surface area contributed by atoms with Crippen molar-refractivity contribution >= 4 is 17.5 Å². The fourth-order valence-corrected chi connectivity index (χ4v) is 3.34. The number of amides is 2. The fraction of sp³-hybridized carbons (Fsp3) is 0.211. The van der Waals surface area contributed by atoms with Gasteiger partial charge in [0.05, 0.1) is 18.0 Å². The van der Waals surface area contributed by atoms with Gasteiger partial charge in [-0.1, -0.05) is 30.3 Å². The highest BCUT2D eigenvalue weighted by atomic mass is 16.2. The number of aromatic nitrogens is 4. The maximum atomic E-state index is 12.9. The average Bonchev–Trinajstić information content (AvgIpc) is 3.22. The molecule has 0 saturated carbocycles. The van der Waals surface area contributed by atoms with Gasteiger partial charge in [-0.25, -0.2) is 4.68 Å². The summed E-state index contributed by atoms with van der Waals surface area (Å²) < 4.78 is 1.55. The molecule has 27 heavy (non-hydrogen) atoms. The van der Waals surface area contributed by atoms with Crippen LogP contribution < -0.4 is 10.6 Å². The summed E-state index contributed by atoms with van der Waals surface area (Å²) in [6.07, 6.45) is 2.31. The van der Waals surface area contributed by atoms with E-state index in [1.807, 2.05) is 48.5 Å². The Hall–Kier alpha value is -3.55. The molecule has 0 saturated heterocycles. The quantitative estimate of drug-likeness (QED) is 0.742. The highest BCUT2D eigenvalue weighted by Gasteiger charge is 2.30. The molecule has 0 aliphatic carbocycles. The van der Waals surface area contributed by atoms with E-state index in [1.54, 1.807) is 9.58 Å². The second-order valence-electron chi connectivity index (χ2n) is 6.53. The van der Waals surface area contributed by atoms with E-state index in [9.17, 15) is 9.59 Å². The van der Waals surface area contributed by atoms with Crippen molar-refractivity contribution in [3.63, 3.8) is 0 Å². The van der Waals surface area contributed by atoms with Gasteiger partial charge in [-0.05, 0) is 46.2 Å². The second kappa shape index (κ2) is 6.99. The molecule has 1 unspecified atom stereocenters. The molecule has 2 aromatic carbocycles. The highest BCUT2D eigenvalue weighted by molar-refractivity contribution is 5.97. The number of primary amides is 1. The number of hydrogen-bond donors (Lipinski definition) is 1. The van der Waals surface area contributed by atoms with Gasteiger partial charge in [0.25, 0.3) is 0 Å². The van der Waals surface area contributed by atoms with E-state index in [-0.39, 0.29) is 24.2 Å². The molecule has 0 fully saturated rings. The molecule has 4 rings (SSSR count). The van der Waals surface area contributed by atoms with Gasteiger partial charge in [0.1, 0.15) is 6.33 Å². The molecule has 8 nitrogen and oxygen atoms in total. The molecule has 1 aliphatic heterocycles. The van der Waals surface area contributed by atoms with Gasteiger partial charge in [0, 0.05) is 12.2 Å². The minimum Gasteiger partial charge on any atom is -0.369 e. The van der Waals surface area contributed by atoms with Crippen LogP contribution in [0.2, 0.25) is 0 Å². The van der Waals surface area contributed by atoms with Gasteiger partial charge in [0.2, 0.25) is 11.8 Å². The summed E-state index contributed by atoms with van der Waals surface area (Å²) in [5, 5.41) is 11.1. The Morgan fingerprint density at radius 1 is 1.11 bits per heavy atom. The summed E-state index contributed by atoms with van der Waals surface area (Å²) in [6, 6.07) is 15.1. The number of hydrogen-bond acceptors (Lipinski definition) is 5. The van der Waals surface area contributed by atoms with Crippen molar-refractivity contribution in [1.82, 2.24) is 20.2 Å². The molecular weight excluding hydrogens is 344 g/mol. The van der Waals surface area contributed by atoms with Gasteiger partial charge in [0.15, 0.2) is 0 Å². The third-order valence-electron chi connectivity index (χ3n) is 4.76. The predicted molar refractivity (Wildman–Crippen MR) is 98.0 cm³/mol. The van der Waals surface area contributed by atoms with E-state index >= 15 is 0 Å². The van der Waals surface area contributed by atoms with Gasteiger partial charge in [-0.2, -0.15) is 0 Å². The van der Waals surface area contributed by atoms with Gasteiger partial charge in [-0.15, -0.1) is 5.10 Å². The summed E-state index contributed by atoms with van der Waals surface area (Å²) in [4.78, 5) is 26.3. The number of carbonyl (C=O) groups excluding carboxylic acids is 2. The predicted octanol–water partition coefficient (Wildman–Crippen LogP) is 0.896. The Morgan fingerprint density at radius 3 is 2.59 bits per heavy atom.